The maximum atomic E-state index is 11.6. The maximum Gasteiger partial charge on any atom is 0.269 e. The number of aromatic nitrogens is 2. The number of anilines is 1. The Morgan fingerprint density at radius 3 is 2.59 bits per heavy atom. The van der Waals surface area contributed by atoms with E-state index in [1.807, 2.05) is 0 Å². The monoisotopic (exact) mass is 232 g/mol. The van der Waals surface area contributed by atoms with Gasteiger partial charge in [0.05, 0.1) is 16.7 Å². The van der Waals surface area contributed by atoms with E-state index in [0.29, 0.717) is 11.3 Å². The molecule has 0 saturated carbocycles. The van der Waals surface area contributed by atoms with Gasteiger partial charge in [0, 0.05) is 24.0 Å². The molecule has 1 aromatic carbocycles. The van der Waals surface area contributed by atoms with Crippen LogP contribution in [0.5, 0.6) is 0 Å². The molecule has 0 spiro atoms. The predicted octanol–water partition coefficient (Wildman–Crippen LogP) is 1.57. The van der Waals surface area contributed by atoms with Crippen molar-refractivity contribution in [1.29, 1.82) is 0 Å². The number of H-pyrrole nitrogens is 1. The smallest absolute Gasteiger partial charge is 0.269 e. The Balaban J connectivity index is 2.09. The molecule has 2 aromatic rings. The molecule has 0 fully saturated rings. The third-order valence-electron chi connectivity index (χ3n) is 2.10. The number of carbonyl (C=O) groups is 1. The van der Waals surface area contributed by atoms with E-state index < -0.39 is 4.92 Å². The Labute approximate surface area is 95.6 Å². The lowest BCUT2D eigenvalue weighted by molar-refractivity contribution is -0.384. The number of non-ortho nitro benzene ring substituents is 1. The van der Waals surface area contributed by atoms with Crippen molar-refractivity contribution in [3.63, 3.8) is 0 Å². The van der Waals surface area contributed by atoms with E-state index in [1.54, 1.807) is 0 Å². The minimum Gasteiger partial charge on any atom is -0.322 e. The van der Waals surface area contributed by atoms with Crippen LogP contribution in [0.4, 0.5) is 11.4 Å². The molecular formula is C10H8N4O3. The van der Waals surface area contributed by atoms with Crippen molar-refractivity contribution in [2.75, 3.05) is 5.32 Å². The van der Waals surface area contributed by atoms with Gasteiger partial charge in [-0.2, -0.15) is 5.10 Å². The van der Waals surface area contributed by atoms with Crippen LogP contribution >= 0.6 is 0 Å². The molecule has 2 rings (SSSR count). The number of nitro benzene ring substituents is 1. The van der Waals surface area contributed by atoms with Crippen LogP contribution in [0.3, 0.4) is 0 Å². The molecule has 1 heterocycles. The summed E-state index contributed by atoms with van der Waals surface area (Å²) in [5.41, 5.74) is 0.858. The Morgan fingerprint density at radius 1 is 1.35 bits per heavy atom. The average molecular weight is 232 g/mol. The van der Waals surface area contributed by atoms with Crippen LogP contribution in [0.2, 0.25) is 0 Å². The molecule has 86 valence electrons. The molecule has 0 aliphatic rings. The molecule has 7 nitrogen and oxygen atoms in total. The number of nitrogens with zero attached hydrogens (tertiary/aromatic N) is 2. The fourth-order valence-corrected chi connectivity index (χ4v) is 1.24. The maximum absolute atomic E-state index is 11.6. The quantitative estimate of drug-likeness (QED) is 0.619. The van der Waals surface area contributed by atoms with E-state index in [-0.39, 0.29) is 11.6 Å². The first-order valence-corrected chi connectivity index (χ1v) is 4.71. The fraction of sp³-hybridized carbons (Fsp3) is 0. The largest absolute Gasteiger partial charge is 0.322 e. The summed E-state index contributed by atoms with van der Waals surface area (Å²) in [6.45, 7) is 0. The molecule has 1 amide bonds. The van der Waals surface area contributed by atoms with Gasteiger partial charge in [-0.15, -0.1) is 0 Å². The summed E-state index contributed by atoms with van der Waals surface area (Å²) in [6, 6.07) is 5.59. The Bertz CT molecular complexity index is 533. The molecule has 0 aliphatic heterocycles. The second-order valence-corrected chi connectivity index (χ2v) is 3.25. The van der Waals surface area contributed by atoms with Gasteiger partial charge in [0.2, 0.25) is 0 Å². The molecule has 0 saturated heterocycles. The SMILES string of the molecule is O=C(Nc1ccc([N+](=O)[O-])cc1)c1cn[nH]c1. The summed E-state index contributed by atoms with van der Waals surface area (Å²) in [5.74, 6) is -0.326. The molecule has 0 unspecified atom stereocenters. The summed E-state index contributed by atoms with van der Waals surface area (Å²) in [5, 5.41) is 19.2. The molecule has 0 atom stereocenters. The summed E-state index contributed by atoms with van der Waals surface area (Å²) in [6.07, 6.45) is 2.85. The van der Waals surface area contributed by atoms with Gasteiger partial charge in [0.1, 0.15) is 0 Å². The number of aromatic amines is 1. The number of benzene rings is 1. The van der Waals surface area contributed by atoms with Gasteiger partial charge in [-0.05, 0) is 12.1 Å². The highest BCUT2D eigenvalue weighted by Crippen LogP contribution is 2.15. The van der Waals surface area contributed by atoms with Gasteiger partial charge < -0.3 is 5.32 Å². The van der Waals surface area contributed by atoms with Gasteiger partial charge in [0.15, 0.2) is 0 Å². The molecule has 7 heteroatoms. The van der Waals surface area contributed by atoms with Crippen LogP contribution in [0.1, 0.15) is 10.4 Å². The summed E-state index contributed by atoms with van der Waals surface area (Å²) in [4.78, 5) is 21.5. The zero-order valence-corrected chi connectivity index (χ0v) is 8.58. The Kier molecular flexibility index (Phi) is 2.82. The summed E-state index contributed by atoms with van der Waals surface area (Å²) < 4.78 is 0. The molecule has 0 bridgehead atoms. The first kappa shape index (κ1) is 10.8. The number of nitro groups is 1. The van der Waals surface area contributed by atoms with Crippen LogP contribution < -0.4 is 5.32 Å². The second kappa shape index (κ2) is 4.44. The third-order valence-corrected chi connectivity index (χ3v) is 2.10. The fourth-order valence-electron chi connectivity index (χ4n) is 1.24. The highest BCUT2D eigenvalue weighted by molar-refractivity contribution is 6.03. The zero-order valence-electron chi connectivity index (χ0n) is 8.58. The lowest BCUT2D eigenvalue weighted by Crippen LogP contribution is -2.10. The van der Waals surface area contributed by atoms with Crippen molar-refractivity contribution >= 4 is 17.3 Å². The van der Waals surface area contributed by atoms with Crippen molar-refractivity contribution in [2.24, 2.45) is 0 Å². The number of nitrogens with one attached hydrogen (secondary N) is 2. The van der Waals surface area contributed by atoms with Gasteiger partial charge in [-0.25, -0.2) is 0 Å². The van der Waals surface area contributed by atoms with Crippen molar-refractivity contribution < 1.29 is 9.72 Å². The number of rotatable bonds is 3. The normalized spacial score (nSPS) is 9.88. The average Bonchev–Trinajstić information content (AvgIpc) is 2.83. The minimum atomic E-state index is -0.498. The molecule has 1 aromatic heterocycles. The topological polar surface area (TPSA) is 101 Å². The van der Waals surface area contributed by atoms with Crippen molar-refractivity contribution in [2.45, 2.75) is 0 Å². The number of hydrogen-bond donors (Lipinski definition) is 2. The van der Waals surface area contributed by atoms with Crippen LogP contribution in [-0.2, 0) is 0 Å². The molecule has 2 N–H and O–H groups in total. The third kappa shape index (κ3) is 2.46. The van der Waals surface area contributed by atoms with Gasteiger partial charge in [0.25, 0.3) is 11.6 Å². The first-order chi connectivity index (χ1) is 8.16. The summed E-state index contributed by atoms with van der Waals surface area (Å²) in [7, 11) is 0. The van der Waals surface area contributed by atoms with E-state index in [1.165, 1.54) is 36.7 Å². The highest BCUT2D eigenvalue weighted by atomic mass is 16.6. The molecule has 17 heavy (non-hydrogen) atoms. The van der Waals surface area contributed by atoms with Crippen molar-refractivity contribution in [3.05, 3.63) is 52.3 Å². The minimum absolute atomic E-state index is 0.0219. The highest BCUT2D eigenvalue weighted by Gasteiger charge is 2.08. The number of hydrogen-bond acceptors (Lipinski definition) is 4. The van der Waals surface area contributed by atoms with Crippen LogP contribution in [0.25, 0.3) is 0 Å². The van der Waals surface area contributed by atoms with E-state index in [9.17, 15) is 14.9 Å². The zero-order chi connectivity index (χ0) is 12.3. The number of amides is 1. The van der Waals surface area contributed by atoms with Crippen LogP contribution in [0.15, 0.2) is 36.7 Å². The van der Waals surface area contributed by atoms with E-state index in [2.05, 4.69) is 15.5 Å². The van der Waals surface area contributed by atoms with Gasteiger partial charge >= 0.3 is 0 Å². The lowest BCUT2D eigenvalue weighted by atomic mass is 10.2. The van der Waals surface area contributed by atoms with Gasteiger partial charge in [-0.1, -0.05) is 0 Å². The second-order valence-electron chi connectivity index (χ2n) is 3.25. The van der Waals surface area contributed by atoms with E-state index in [0.717, 1.165) is 0 Å². The summed E-state index contributed by atoms with van der Waals surface area (Å²) >= 11 is 0. The van der Waals surface area contributed by atoms with Crippen LogP contribution in [0, 0.1) is 10.1 Å². The standard InChI is InChI=1S/C10H8N4O3/c15-10(7-5-11-12-6-7)13-8-1-3-9(4-2-8)14(16)17/h1-6H,(H,11,12)(H,13,15). The molecular weight excluding hydrogens is 224 g/mol. The Hall–Kier alpha value is -2.70. The first-order valence-electron chi connectivity index (χ1n) is 4.71. The van der Waals surface area contributed by atoms with Crippen molar-refractivity contribution in [3.8, 4) is 0 Å². The Morgan fingerprint density at radius 2 is 2.06 bits per heavy atom. The number of carbonyl (C=O) groups excluding carboxylic acids is 1. The van der Waals surface area contributed by atoms with E-state index >= 15 is 0 Å². The van der Waals surface area contributed by atoms with Gasteiger partial charge in [-0.3, -0.25) is 20.0 Å². The van der Waals surface area contributed by atoms with E-state index in [4.69, 9.17) is 0 Å². The van der Waals surface area contributed by atoms with Crippen LogP contribution in [-0.4, -0.2) is 21.0 Å². The molecule has 0 aliphatic carbocycles. The van der Waals surface area contributed by atoms with Crippen molar-refractivity contribution in [1.82, 2.24) is 10.2 Å². The lowest BCUT2D eigenvalue weighted by Gasteiger charge is -2.02. The molecule has 0 radical (unpaired) electrons. The predicted molar refractivity (Wildman–Crippen MR) is 59.6 cm³/mol.